The van der Waals surface area contributed by atoms with Crippen LogP contribution in [0.1, 0.15) is 106 Å². The van der Waals surface area contributed by atoms with Crippen LogP contribution >= 0.6 is 0 Å². The molecule has 240 valence electrons. The summed E-state index contributed by atoms with van der Waals surface area (Å²) < 4.78 is 35.9. The lowest BCUT2D eigenvalue weighted by atomic mass is 9.77. The SMILES string of the molecule is CC(CC(C)(C)Oc1ccc(C(C)(C)c2ccc(C(C)(C)OCC(C)C(C)(C)OC3CO3)cc2)cc1)OC(C)(C)C1CO1. The lowest BCUT2D eigenvalue weighted by Crippen LogP contribution is -2.39. The highest BCUT2D eigenvalue weighted by molar-refractivity contribution is 5.41. The third-order valence-corrected chi connectivity index (χ3v) is 9.28. The molecule has 0 bridgehead atoms. The van der Waals surface area contributed by atoms with Gasteiger partial charge in [0, 0.05) is 17.8 Å². The predicted molar refractivity (Wildman–Crippen MR) is 172 cm³/mol. The van der Waals surface area contributed by atoms with Crippen molar-refractivity contribution in [2.24, 2.45) is 5.92 Å². The standard InChI is InChI=1S/C37H56O6/c1-25(35(7,8)43-32-24-39-32)22-40-36(9,10)29-15-13-27(14-16-29)34(5,6)28-17-19-30(20-18-28)42-33(3,4)21-26(2)41-37(11,12)31-23-38-31/h13-20,25-26,31-32H,21-24H2,1-12H3. The molecule has 0 spiro atoms. The predicted octanol–water partition coefficient (Wildman–Crippen LogP) is 8.18. The van der Waals surface area contributed by atoms with Gasteiger partial charge in [-0.1, -0.05) is 57.2 Å². The van der Waals surface area contributed by atoms with Crippen LogP contribution < -0.4 is 4.74 Å². The molecule has 0 aromatic heterocycles. The number of ether oxygens (including phenoxy) is 6. The molecule has 0 saturated carbocycles. The maximum Gasteiger partial charge on any atom is 0.181 e. The zero-order valence-electron chi connectivity index (χ0n) is 28.7. The molecule has 0 radical (unpaired) electrons. The van der Waals surface area contributed by atoms with Crippen molar-refractivity contribution in [1.82, 2.24) is 0 Å². The Morgan fingerprint density at radius 1 is 0.744 bits per heavy atom. The maximum absolute atomic E-state index is 6.44. The minimum absolute atomic E-state index is 0.0532. The van der Waals surface area contributed by atoms with Gasteiger partial charge in [-0.2, -0.15) is 0 Å². The molecule has 2 aromatic carbocycles. The lowest BCUT2D eigenvalue weighted by Gasteiger charge is -2.35. The summed E-state index contributed by atoms with van der Waals surface area (Å²) in [6.45, 7) is 27.8. The fourth-order valence-corrected chi connectivity index (χ4v) is 5.71. The van der Waals surface area contributed by atoms with Crippen molar-refractivity contribution >= 4 is 0 Å². The van der Waals surface area contributed by atoms with E-state index in [1.54, 1.807) is 0 Å². The van der Waals surface area contributed by atoms with E-state index in [1.807, 2.05) is 0 Å². The zero-order chi connectivity index (χ0) is 31.8. The van der Waals surface area contributed by atoms with Crippen LogP contribution in [0, 0.1) is 5.92 Å². The number of benzene rings is 2. The fraction of sp³-hybridized carbons (Fsp3) is 0.676. The van der Waals surface area contributed by atoms with Gasteiger partial charge in [-0.25, -0.2) is 0 Å². The van der Waals surface area contributed by atoms with Gasteiger partial charge in [0.1, 0.15) is 24.1 Å². The lowest BCUT2D eigenvalue weighted by molar-refractivity contribution is -0.131. The van der Waals surface area contributed by atoms with E-state index in [2.05, 4.69) is 132 Å². The van der Waals surface area contributed by atoms with E-state index >= 15 is 0 Å². The van der Waals surface area contributed by atoms with Gasteiger partial charge < -0.3 is 28.4 Å². The van der Waals surface area contributed by atoms with Crippen molar-refractivity contribution in [2.75, 3.05) is 19.8 Å². The van der Waals surface area contributed by atoms with Crippen LogP contribution in [0.25, 0.3) is 0 Å². The molecule has 0 aliphatic carbocycles. The quantitative estimate of drug-likeness (QED) is 0.182. The molecular weight excluding hydrogens is 540 g/mol. The average molecular weight is 597 g/mol. The van der Waals surface area contributed by atoms with E-state index < -0.39 is 5.60 Å². The molecule has 2 saturated heterocycles. The van der Waals surface area contributed by atoms with Crippen LogP contribution in [0.5, 0.6) is 5.75 Å². The molecular formula is C37H56O6. The van der Waals surface area contributed by atoms with E-state index in [1.165, 1.54) is 11.1 Å². The van der Waals surface area contributed by atoms with Crippen molar-refractivity contribution in [3.63, 3.8) is 0 Å². The van der Waals surface area contributed by atoms with Crippen LogP contribution in [0.2, 0.25) is 0 Å². The topological polar surface area (TPSA) is 62.0 Å². The number of rotatable bonds is 16. The molecule has 2 aliphatic heterocycles. The molecule has 2 aliphatic rings. The smallest absolute Gasteiger partial charge is 0.181 e. The van der Waals surface area contributed by atoms with Gasteiger partial charge in [0.05, 0.1) is 36.1 Å². The Labute approximate surface area is 260 Å². The van der Waals surface area contributed by atoms with E-state index in [0.717, 1.165) is 24.3 Å². The van der Waals surface area contributed by atoms with E-state index in [9.17, 15) is 0 Å². The van der Waals surface area contributed by atoms with Gasteiger partial charge in [0.15, 0.2) is 6.29 Å². The largest absolute Gasteiger partial charge is 0.488 e. The summed E-state index contributed by atoms with van der Waals surface area (Å²) in [6, 6.07) is 17.4. The molecule has 2 heterocycles. The summed E-state index contributed by atoms with van der Waals surface area (Å²) in [6.07, 6.45) is 0.965. The van der Waals surface area contributed by atoms with Crippen LogP contribution in [-0.4, -0.2) is 55.1 Å². The van der Waals surface area contributed by atoms with Gasteiger partial charge in [-0.15, -0.1) is 0 Å². The van der Waals surface area contributed by atoms with Crippen LogP contribution in [0.15, 0.2) is 48.5 Å². The Morgan fingerprint density at radius 3 is 1.77 bits per heavy atom. The molecule has 2 aromatic rings. The maximum atomic E-state index is 6.44. The van der Waals surface area contributed by atoms with Crippen molar-refractivity contribution in [3.05, 3.63) is 65.2 Å². The number of hydrogen-bond donors (Lipinski definition) is 0. The van der Waals surface area contributed by atoms with Crippen LogP contribution in [0.3, 0.4) is 0 Å². The van der Waals surface area contributed by atoms with Gasteiger partial charge in [-0.3, -0.25) is 0 Å². The normalized spacial score (nSPS) is 20.9. The van der Waals surface area contributed by atoms with Crippen molar-refractivity contribution in [1.29, 1.82) is 0 Å². The Bertz CT molecular complexity index is 1190. The Kier molecular flexibility index (Phi) is 9.81. The second-order valence-corrected chi connectivity index (χ2v) is 15.4. The van der Waals surface area contributed by atoms with Crippen molar-refractivity contribution in [3.8, 4) is 5.75 Å². The molecule has 0 amide bonds. The third kappa shape index (κ3) is 9.04. The second-order valence-electron chi connectivity index (χ2n) is 15.4. The number of hydrogen-bond acceptors (Lipinski definition) is 6. The summed E-state index contributed by atoms with van der Waals surface area (Å²) in [5.41, 5.74) is 2.10. The highest BCUT2D eigenvalue weighted by Gasteiger charge is 2.42. The zero-order valence-corrected chi connectivity index (χ0v) is 28.7. The minimum Gasteiger partial charge on any atom is -0.488 e. The van der Waals surface area contributed by atoms with Gasteiger partial charge in [0.2, 0.25) is 0 Å². The minimum atomic E-state index is -0.418. The van der Waals surface area contributed by atoms with Gasteiger partial charge >= 0.3 is 0 Å². The summed E-state index contributed by atoms with van der Waals surface area (Å²) in [5, 5.41) is 0. The Hall–Kier alpha value is -1.96. The van der Waals surface area contributed by atoms with Crippen molar-refractivity contribution < 1.29 is 28.4 Å². The van der Waals surface area contributed by atoms with E-state index in [-0.39, 0.29) is 46.6 Å². The van der Waals surface area contributed by atoms with Gasteiger partial charge in [0.25, 0.3) is 0 Å². The summed E-state index contributed by atoms with van der Waals surface area (Å²) >= 11 is 0. The Morgan fingerprint density at radius 2 is 1.26 bits per heavy atom. The Balaban J connectivity index is 1.34. The highest BCUT2D eigenvalue weighted by Crippen LogP contribution is 2.36. The van der Waals surface area contributed by atoms with E-state index in [0.29, 0.717) is 13.2 Å². The van der Waals surface area contributed by atoms with Crippen LogP contribution in [0.4, 0.5) is 0 Å². The molecule has 4 atom stereocenters. The summed E-state index contributed by atoms with van der Waals surface area (Å²) in [5.74, 6) is 1.08. The highest BCUT2D eigenvalue weighted by atomic mass is 16.8. The summed E-state index contributed by atoms with van der Waals surface area (Å²) in [7, 11) is 0. The first-order chi connectivity index (χ1) is 19.8. The number of epoxide rings is 2. The summed E-state index contributed by atoms with van der Waals surface area (Å²) in [4.78, 5) is 0. The molecule has 43 heavy (non-hydrogen) atoms. The first-order valence-electron chi connectivity index (χ1n) is 15.9. The molecule has 0 N–H and O–H groups in total. The van der Waals surface area contributed by atoms with E-state index in [4.69, 9.17) is 28.4 Å². The molecule has 6 heteroatoms. The first kappa shape index (κ1) is 33.9. The van der Waals surface area contributed by atoms with Crippen LogP contribution in [-0.2, 0) is 34.7 Å². The van der Waals surface area contributed by atoms with Crippen molar-refractivity contribution in [2.45, 2.75) is 136 Å². The molecule has 2 fully saturated rings. The second kappa shape index (κ2) is 12.4. The molecule has 4 rings (SSSR count). The molecule has 6 nitrogen and oxygen atoms in total. The third-order valence-electron chi connectivity index (χ3n) is 9.28. The average Bonchev–Trinajstić information content (AvgIpc) is 3.81. The first-order valence-corrected chi connectivity index (χ1v) is 15.9. The fourth-order valence-electron chi connectivity index (χ4n) is 5.71. The monoisotopic (exact) mass is 596 g/mol. The van der Waals surface area contributed by atoms with Gasteiger partial charge in [-0.05, 0) is 91.1 Å². The molecule has 4 unspecified atom stereocenters.